The largest absolute Gasteiger partial charge is 0.372 e. The fraction of sp³-hybridized carbons (Fsp3) is 0.263. The van der Waals surface area contributed by atoms with E-state index in [0.29, 0.717) is 5.69 Å². The number of amides is 1. The van der Waals surface area contributed by atoms with Crippen molar-refractivity contribution >= 4 is 23.1 Å². The van der Waals surface area contributed by atoms with Crippen LogP contribution in [0, 0.1) is 10.1 Å². The molecular formula is C19H19N3O4. The van der Waals surface area contributed by atoms with Crippen LogP contribution in [0.3, 0.4) is 0 Å². The molecular weight excluding hydrogens is 334 g/mol. The maximum absolute atomic E-state index is 12.9. The molecule has 0 unspecified atom stereocenters. The van der Waals surface area contributed by atoms with Gasteiger partial charge in [0.25, 0.3) is 11.6 Å². The standard InChI is InChI=1S/C19H19N3O4/c1-21(2)16-10-7-12(11-17(16)22(25)26)18(23)14-5-3-4-6-15(14)19(24)20-13-8-9-13/h3-7,10-11,13H,8-9H2,1-2H3,(H,20,24). The van der Waals surface area contributed by atoms with Crippen LogP contribution in [-0.2, 0) is 0 Å². The fourth-order valence-electron chi connectivity index (χ4n) is 2.71. The summed E-state index contributed by atoms with van der Waals surface area (Å²) in [7, 11) is 3.39. The van der Waals surface area contributed by atoms with Crippen molar-refractivity contribution in [3.63, 3.8) is 0 Å². The predicted octanol–water partition coefficient (Wildman–Crippen LogP) is 2.78. The van der Waals surface area contributed by atoms with Crippen molar-refractivity contribution in [2.75, 3.05) is 19.0 Å². The number of carbonyl (C=O) groups excluding carboxylic acids is 2. The Labute approximate surface area is 150 Å². The van der Waals surface area contributed by atoms with Crippen molar-refractivity contribution in [2.45, 2.75) is 18.9 Å². The lowest BCUT2D eigenvalue weighted by Gasteiger charge is -2.14. The van der Waals surface area contributed by atoms with Gasteiger partial charge in [0.15, 0.2) is 5.78 Å². The Hall–Kier alpha value is -3.22. The Morgan fingerprint density at radius 3 is 2.35 bits per heavy atom. The van der Waals surface area contributed by atoms with Crippen LogP contribution in [0.4, 0.5) is 11.4 Å². The maximum atomic E-state index is 12.9. The van der Waals surface area contributed by atoms with Gasteiger partial charge in [-0.15, -0.1) is 0 Å². The zero-order valence-corrected chi connectivity index (χ0v) is 14.6. The first-order chi connectivity index (χ1) is 12.4. The lowest BCUT2D eigenvalue weighted by Crippen LogP contribution is -2.27. The number of carbonyl (C=O) groups is 2. The van der Waals surface area contributed by atoms with Crippen molar-refractivity contribution in [3.05, 3.63) is 69.3 Å². The molecule has 7 nitrogen and oxygen atoms in total. The monoisotopic (exact) mass is 353 g/mol. The molecule has 1 aliphatic carbocycles. The van der Waals surface area contributed by atoms with Gasteiger partial charge in [-0.25, -0.2) is 0 Å². The van der Waals surface area contributed by atoms with Crippen molar-refractivity contribution in [3.8, 4) is 0 Å². The van der Waals surface area contributed by atoms with Crippen LogP contribution >= 0.6 is 0 Å². The van der Waals surface area contributed by atoms with E-state index in [-0.39, 0.29) is 34.3 Å². The Bertz CT molecular complexity index is 888. The van der Waals surface area contributed by atoms with E-state index >= 15 is 0 Å². The van der Waals surface area contributed by atoms with Gasteiger partial charge in [0.2, 0.25) is 0 Å². The molecule has 134 valence electrons. The average Bonchev–Trinajstić information content (AvgIpc) is 3.44. The van der Waals surface area contributed by atoms with Crippen LogP contribution in [0.25, 0.3) is 0 Å². The van der Waals surface area contributed by atoms with Gasteiger partial charge in [0.1, 0.15) is 5.69 Å². The summed E-state index contributed by atoms with van der Waals surface area (Å²) in [6, 6.07) is 11.0. The molecule has 0 aliphatic heterocycles. The van der Waals surface area contributed by atoms with Crippen molar-refractivity contribution in [2.24, 2.45) is 0 Å². The van der Waals surface area contributed by atoms with E-state index in [1.807, 2.05) is 0 Å². The summed E-state index contributed by atoms with van der Waals surface area (Å²) in [5.74, 6) is -0.712. The van der Waals surface area contributed by atoms with E-state index in [2.05, 4.69) is 5.32 Å². The highest BCUT2D eigenvalue weighted by molar-refractivity contribution is 6.15. The van der Waals surface area contributed by atoms with E-state index in [4.69, 9.17) is 0 Å². The first-order valence-electron chi connectivity index (χ1n) is 8.29. The van der Waals surface area contributed by atoms with Gasteiger partial charge >= 0.3 is 0 Å². The molecule has 26 heavy (non-hydrogen) atoms. The van der Waals surface area contributed by atoms with E-state index in [1.165, 1.54) is 12.1 Å². The summed E-state index contributed by atoms with van der Waals surface area (Å²) in [5.41, 5.74) is 0.947. The number of anilines is 1. The van der Waals surface area contributed by atoms with Crippen molar-refractivity contribution < 1.29 is 14.5 Å². The lowest BCUT2D eigenvalue weighted by atomic mass is 9.97. The molecule has 0 bridgehead atoms. The smallest absolute Gasteiger partial charge is 0.293 e. The molecule has 0 aromatic heterocycles. The summed E-state index contributed by atoms with van der Waals surface area (Å²) < 4.78 is 0. The molecule has 0 saturated heterocycles. The zero-order chi connectivity index (χ0) is 18.8. The number of hydrogen-bond acceptors (Lipinski definition) is 5. The fourth-order valence-corrected chi connectivity index (χ4v) is 2.71. The van der Waals surface area contributed by atoms with Crippen LogP contribution in [0.15, 0.2) is 42.5 Å². The van der Waals surface area contributed by atoms with Crippen LogP contribution < -0.4 is 10.2 Å². The molecule has 0 atom stereocenters. The summed E-state index contributed by atoms with van der Waals surface area (Å²) in [6.45, 7) is 0. The van der Waals surface area contributed by atoms with Crippen LogP contribution in [0.5, 0.6) is 0 Å². The average molecular weight is 353 g/mol. The SMILES string of the molecule is CN(C)c1ccc(C(=O)c2ccccc2C(=O)NC2CC2)cc1[N+](=O)[O-]. The number of nitrogens with zero attached hydrogens (tertiary/aromatic N) is 2. The molecule has 0 radical (unpaired) electrons. The van der Waals surface area contributed by atoms with E-state index in [9.17, 15) is 19.7 Å². The summed E-state index contributed by atoms with van der Waals surface area (Å²) in [4.78, 5) is 37.7. The number of nitro benzene ring substituents is 1. The first-order valence-corrected chi connectivity index (χ1v) is 8.29. The molecule has 0 spiro atoms. The minimum absolute atomic E-state index is 0.152. The Balaban J connectivity index is 1.98. The third-order valence-corrected chi connectivity index (χ3v) is 4.24. The minimum atomic E-state index is -0.516. The van der Waals surface area contributed by atoms with E-state index in [1.54, 1.807) is 49.3 Å². The molecule has 1 saturated carbocycles. The Morgan fingerprint density at radius 2 is 1.77 bits per heavy atom. The van der Waals surface area contributed by atoms with Gasteiger partial charge in [0.05, 0.1) is 10.5 Å². The Kier molecular flexibility index (Phi) is 4.71. The molecule has 1 fully saturated rings. The summed E-state index contributed by atoms with van der Waals surface area (Å²) in [5, 5.41) is 14.2. The highest BCUT2D eigenvalue weighted by Gasteiger charge is 2.27. The first kappa shape index (κ1) is 17.6. The van der Waals surface area contributed by atoms with E-state index in [0.717, 1.165) is 12.8 Å². The third-order valence-electron chi connectivity index (χ3n) is 4.24. The van der Waals surface area contributed by atoms with Gasteiger partial charge in [-0.2, -0.15) is 0 Å². The molecule has 7 heteroatoms. The van der Waals surface area contributed by atoms with E-state index < -0.39 is 10.7 Å². The van der Waals surface area contributed by atoms with Crippen LogP contribution in [-0.4, -0.2) is 36.8 Å². The highest BCUT2D eigenvalue weighted by atomic mass is 16.6. The number of hydrogen-bond donors (Lipinski definition) is 1. The van der Waals surface area contributed by atoms with Gasteiger partial charge in [-0.1, -0.05) is 18.2 Å². The number of nitro groups is 1. The molecule has 2 aromatic carbocycles. The van der Waals surface area contributed by atoms with Crippen molar-refractivity contribution in [1.82, 2.24) is 5.32 Å². The Morgan fingerprint density at radius 1 is 1.12 bits per heavy atom. The summed E-state index contributed by atoms with van der Waals surface area (Å²) >= 11 is 0. The number of rotatable bonds is 6. The number of ketones is 1. The molecule has 1 N–H and O–H groups in total. The topological polar surface area (TPSA) is 92.6 Å². The lowest BCUT2D eigenvalue weighted by molar-refractivity contribution is -0.384. The number of benzene rings is 2. The maximum Gasteiger partial charge on any atom is 0.293 e. The third kappa shape index (κ3) is 3.56. The molecule has 1 amide bonds. The number of nitrogens with one attached hydrogen (secondary N) is 1. The zero-order valence-electron chi connectivity index (χ0n) is 14.6. The van der Waals surface area contributed by atoms with Gasteiger partial charge in [-0.3, -0.25) is 19.7 Å². The van der Waals surface area contributed by atoms with Crippen LogP contribution in [0.1, 0.15) is 39.1 Å². The predicted molar refractivity (Wildman–Crippen MR) is 97.8 cm³/mol. The summed E-state index contributed by atoms with van der Waals surface area (Å²) in [6.07, 6.45) is 1.89. The molecule has 2 aromatic rings. The molecule has 0 heterocycles. The van der Waals surface area contributed by atoms with Gasteiger partial charge < -0.3 is 10.2 Å². The minimum Gasteiger partial charge on any atom is -0.372 e. The second-order valence-electron chi connectivity index (χ2n) is 6.48. The quantitative estimate of drug-likeness (QED) is 0.490. The molecule has 1 aliphatic rings. The van der Waals surface area contributed by atoms with Gasteiger partial charge in [0, 0.05) is 37.3 Å². The molecule has 3 rings (SSSR count). The normalized spacial score (nSPS) is 13.2. The second kappa shape index (κ2) is 6.95. The second-order valence-corrected chi connectivity index (χ2v) is 6.48. The highest BCUT2D eigenvalue weighted by Crippen LogP contribution is 2.29. The van der Waals surface area contributed by atoms with Gasteiger partial charge in [-0.05, 0) is 31.0 Å². The van der Waals surface area contributed by atoms with Crippen LogP contribution in [0.2, 0.25) is 0 Å². The van der Waals surface area contributed by atoms with Crippen molar-refractivity contribution in [1.29, 1.82) is 0 Å².